The van der Waals surface area contributed by atoms with E-state index in [1.165, 1.54) is 24.0 Å². The molecule has 1 aromatic rings. The van der Waals surface area contributed by atoms with Crippen molar-refractivity contribution < 1.29 is 4.74 Å². The fraction of sp³-hybridized carbons (Fsp3) is 0.600. The van der Waals surface area contributed by atoms with E-state index in [1.54, 1.807) is 7.11 Å². The maximum Gasteiger partial charge on any atom is 0.123 e. The lowest BCUT2D eigenvalue weighted by Crippen LogP contribution is -2.30. The number of nitrogens with two attached hydrogens (primary N) is 1. The van der Waals surface area contributed by atoms with Crippen LogP contribution in [0.5, 0.6) is 5.75 Å². The van der Waals surface area contributed by atoms with E-state index in [0.717, 1.165) is 25.4 Å². The van der Waals surface area contributed by atoms with Crippen molar-refractivity contribution in [1.82, 2.24) is 4.90 Å². The number of hydrogen-bond acceptors (Lipinski definition) is 3. The van der Waals surface area contributed by atoms with E-state index in [9.17, 15) is 0 Å². The molecule has 3 nitrogen and oxygen atoms in total. The number of rotatable bonds is 8. The molecule has 0 saturated heterocycles. The van der Waals surface area contributed by atoms with E-state index in [1.807, 2.05) is 6.07 Å². The van der Waals surface area contributed by atoms with Crippen LogP contribution in [0.3, 0.4) is 0 Å². The maximum absolute atomic E-state index is 5.68. The van der Waals surface area contributed by atoms with Gasteiger partial charge in [0.05, 0.1) is 7.11 Å². The molecular formula is C15H26N2O. The quantitative estimate of drug-likeness (QED) is 0.770. The first-order valence-corrected chi connectivity index (χ1v) is 6.77. The van der Waals surface area contributed by atoms with Crippen molar-refractivity contribution in [2.75, 3.05) is 26.7 Å². The average Bonchev–Trinajstić information content (AvgIpc) is 2.36. The second kappa shape index (κ2) is 8.11. The van der Waals surface area contributed by atoms with E-state index in [2.05, 4.69) is 30.9 Å². The van der Waals surface area contributed by atoms with Crippen molar-refractivity contribution in [2.45, 2.75) is 33.2 Å². The first-order valence-electron chi connectivity index (χ1n) is 6.77. The Morgan fingerprint density at radius 3 is 2.67 bits per heavy atom. The van der Waals surface area contributed by atoms with Gasteiger partial charge in [0.25, 0.3) is 0 Å². The Balaban J connectivity index is 2.74. The summed E-state index contributed by atoms with van der Waals surface area (Å²) in [5, 5.41) is 0. The van der Waals surface area contributed by atoms with Crippen LogP contribution in [0, 0.1) is 6.92 Å². The number of aryl methyl sites for hydroxylation is 1. The van der Waals surface area contributed by atoms with Gasteiger partial charge in [-0.2, -0.15) is 0 Å². The molecule has 0 aliphatic heterocycles. The minimum Gasteiger partial charge on any atom is -0.496 e. The molecule has 0 radical (unpaired) electrons. The minimum absolute atomic E-state index is 0.706. The number of hydrogen-bond donors (Lipinski definition) is 1. The molecule has 1 aromatic carbocycles. The summed E-state index contributed by atoms with van der Waals surface area (Å²) in [4.78, 5) is 2.40. The predicted octanol–water partition coefficient (Wildman–Crippen LogP) is 2.56. The highest BCUT2D eigenvalue weighted by atomic mass is 16.5. The lowest BCUT2D eigenvalue weighted by molar-refractivity contribution is 0.264. The van der Waals surface area contributed by atoms with Crippen LogP contribution < -0.4 is 10.5 Å². The zero-order valence-corrected chi connectivity index (χ0v) is 11.9. The van der Waals surface area contributed by atoms with E-state index in [0.29, 0.717) is 6.54 Å². The highest BCUT2D eigenvalue weighted by molar-refractivity contribution is 5.36. The predicted molar refractivity (Wildman–Crippen MR) is 77.0 cm³/mol. The third kappa shape index (κ3) is 4.67. The van der Waals surface area contributed by atoms with Crippen molar-refractivity contribution in [3.05, 3.63) is 29.3 Å². The molecule has 3 heteroatoms. The Hall–Kier alpha value is -1.06. The van der Waals surface area contributed by atoms with Crippen LogP contribution in [0.4, 0.5) is 0 Å². The van der Waals surface area contributed by atoms with Crippen LogP contribution in [0.15, 0.2) is 18.2 Å². The van der Waals surface area contributed by atoms with Crippen molar-refractivity contribution in [1.29, 1.82) is 0 Å². The minimum atomic E-state index is 0.706. The van der Waals surface area contributed by atoms with Gasteiger partial charge in [-0.25, -0.2) is 0 Å². The molecule has 102 valence electrons. The molecule has 0 aliphatic carbocycles. The van der Waals surface area contributed by atoms with Crippen LogP contribution in [0.25, 0.3) is 0 Å². The Labute approximate surface area is 111 Å². The summed E-state index contributed by atoms with van der Waals surface area (Å²) in [5.41, 5.74) is 8.21. The first kappa shape index (κ1) is 15.0. The number of ether oxygens (including phenoxy) is 1. The zero-order chi connectivity index (χ0) is 13.4. The van der Waals surface area contributed by atoms with Crippen molar-refractivity contribution in [2.24, 2.45) is 5.73 Å². The summed E-state index contributed by atoms with van der Waals surface area (Å²) < 4.78 is 5.43. The van der Waals surface area contributed by atoms with Gasteiger partial charge in [0, 0.05) is 25.2 Å². The zero-order valence-electron chi connectivity index (χ0n) is 11.9. The van der Waals surface area contributed by atoms with Crippen LogP contribution in [-0.2, 0) is 6.54 Å². The first-order chi connectivity index (χ1) is 8.71. The normalized spacial score (nSPS) is 10.9. The molecule has 0 aromatic heterocycles. The van der Waals surface area contributed by atoms with Gasteiger partial charge < -0.3 is 10.5 Å². The fourth-order valence-corrected chi connectivity index (χ4v) is 2.11. The molecular weight excluding hydrogens is 224 g/mol. The van der Waals surface area contributed by atoms with Crippen molar-refractivity contribution in [3.63, 3.8) is 0 Å². The van der Waals surface area contributed by atoms with Gasteiger partial charge in [-0.05, 0) is 26.0 Å². The fourth-order valence-electron chi connectivity index (χ4n) is 2.11. The van der Waals surface area contributed by atoms with E-state index in [4.69, 9.17) is 10.5 Å². The molecule has 18 heavy (non-hydrogen) atoms. The van der Waals surface area contributed by atoms with E-state index >= 15 is 0 Å². The molecule has 0 bridgehead atoms. The maximum atomic E-state index is 5.68. The summed E-state index contributed by atoms with van der Waals surface area (Å²) in [6.07, 6.45) is 2.43. The Kier molecular flexibility index (Phi) is 6.76. The van der Waals surface area contributed by atoms with Gasteiger partial charge in [-0.1, -0.05) is 31.0 Å². The van der Waals surface area contributed by atoms with Gasteiger partial charge in [0.15, 0.2) is 0 Å². The van der Waals surface area contributed by atoms with E-state index in [-0.39, 0.29) is 0 Å². The molecule has 0 aliphatic rings. The number of unbranched alkanes of at least 4 members (excludes halogenated alkanes) is 1. The summed E-state index contributed by atoms with van der Waals surface area (Å²) >= 11 is 0. The van der Waals surface area contributed by atoms with Crippen LogP contribution in [0.2, 0.25) is 0 Å². The second-order valence-corrected chi connectivity index (χ2v) is 4.73. The molecule has 0 amide bonds. The van der Waals surface area contributed by atoms with Gasteiger partial charge in [-0.15, -0.1) is 0 Å². The number of benzene rings is 1. The molecule has 0 atom stereocenters. The topological polar surface area (TPSA) is 38.5 Å². The molecule has 1 rings (SSSR count). The lowest BCUT2D eigenvalue weighted by Gasteiger charge is -2.22. The smallest absolute Gasteiger partial charge is 0.123 e. The van der Waals surface area contributed by atoms with E-state index < -0.39 is 0 Å². The van der Waals surface area contributed by atoms with Crippen LogP contribution >= 0.6 is 0 Å². The Morgan fingerprint density at radius 1 is 1.28 bits per heavy atom. The molecule has 0 fully saturated rings. The average molecular weight is 250 g/mol. The highest BCUT2D eigenvalue weighted by Crippen LogP contribution is 2.21. The third-order valence-electron chi connectivity index (χ3n) is 3.10. The van der Waals surface area contributed by atoms with Gasteiger partial charge in [-0.3, -0.25) is 4.90 Å². The summed E-state index contributed by atoms with van der Waals surface area (Å²) in [5.74, 6) is 0.971. The highest BCUT2D eigenvalue weighted by Gasteiger charge is 2.09. The largest absolute Gasteiger partial charge is 0.496 e. The number of nitrogens with zero attached hydrogens (tertiary/aromatic N) is 1. The van der Waals surface area contributed by atoms with Gasteiger partial charge in [0.2, 0.25) is 0 Å². The van der Waals surface area contributed by atoms with Crippen LogP contribution in [0.1, 0.15) is 30.9 Å². The molecule has 0 spiro atoms. The van der Waals surface area contributed by atoms with Crippen LogP contribution in [-0.4, -0.2) is 31.6 Å². The lowest BCUT2D eigenvalue weighted by atomic mass is 10.1. The second-order valence-electron chi connectivity index (χ2n) is 4.73. The third-order valence-corrected chi connectivity index (χ3v) is 3.10. The Bertz CT molecular complexity index is 352. The van der Waals surface area contributed by atoms with Crippen molar-refractivity contribution >= 4 is 0 Å². The van der Waals surface area contributed by atoms with Gasteiger partial charge >= 0.3 is 0 Å². The molecule has 2 N–H and O–H groups in total. The summed E-state index contributed by atoms with van der Waals surface area (Å²) in [6.45, 7) is 8.00. The standard InChI is InChI=1S/C15H26N2O/c1-4-5-9-17(10-8-16)12-14-11-13(2)6-7-15(14)18-3/h6-7,11H,4-5,8-10,12,16H2,1-3H3. The monoisotopic (exact) mass is 250 g/mol. The summed E-state index contributed by atoms with van der Waals surface area (Å²) in [7, 11) is 1.73. The Morgan fingerprint density at radius 2 is 2.06 bits per heavy atom. The van der Waals surface area contributed by atoms with Gasteiger partial charge in [0.1, 0.15) is 5.75 Å². The summed E-state index contributed by atoms with van der Waals surface area (Å²) in [6, 6.07) is 6.33. The SMILES string of the molecule is CCCCN(CCN)Cc1cc(C)ccc1OC. The van der Waals surface area contributed by atoms with Crippen molar-refractivity contribution in [3.8, 4) is 5.75 Å². The molecule has 0 unspecified atom stereocenters. The number of methoxy groups -OCH3 is 1. The molecule has 0 saturated carbocycles. The molecule has 0 heterocycles.